The van der Waals surface area contributed by atoms with Crippen molar-refractivity contribution < 1.29 is 22.7 Å². The Hall–Kier alpha value is -2.49. The van der Waals surface area contributed by atoms with Gasteiger partial charge in [0.1, 0.15) is 4.90 Å². The number of hydrogen-bond donors (Lipinski definition) is 1. The number of pyridine rings is 1. The Morgan fingerprint density at radius 3 is 2.59 bits per heavy atom. The van der Waals surface area contributed by atoms with Crippen LogP contribution >= 0.6 is 11.6 Å². The van der Waals surface area contributed by atoms with Crippen LogP contribution in [0.2, 0.25) is 5.02 Å². The predicted molar refractivity (Wildman–Crippen MR) is 107 cm³/mol. The van der Waals surface area contributed by atoms with Gasteiger partial charge in [0.2, 0.25) is 15.9 Å². The van der Waals surface area contributed by atoms with Crippen molar-refractivity contribution >= 4 is 39.2 Å². The number of esters is 1. The zero-order valence-electron chi connectivity index (χ0n) is 15.7. The van der Waals surface area contributed by atoms with Crippen LogP contribution in [0.3, 0.4) is 0 Å². The zero-order valence-corrected chi connectivity index (χ0v) is 17.2. The fraction of sp³-hybridized carbons (Fsp3) is 0.316. The fourth-order valence-corrected chi connectivity index (χ4v) is 4.71. The van der Waals surface area contributed by atoms with Gasteiger partial charge in [0.25, 0.3) is 0 Å². The highest BCUT2D eigenvalue weighted by Gasteiger charge is 2.32. The van der Waals surface area contributed by atoms with Crippen LogP contribution in [0.15, 0.2) is 47.6 Å². The molecule has 0 atom stereocenters. The SMILES string of the molecule is COC(=O)c1ccc(Cl)c(NC(=O)C2CCN(S(=O)(=O)c3cccnc3)CC2)c1. The number of aromatic nitrogens is 1. The largest absolute Gasteiger partial charge is 0.465 e. The minimum absolute atomic E-state index is 0.134. The maximum atomic E-state index is 12.7. The molecule has 0 saturated carbocycles. The van der Waals surface area contributed by atoms with Crippen LogP contribution in [0.1, 0.15) is 23.2 Å². The molecule has 154 valence electrons. The van der Waals surface area contributed by atoms with E-state index in [1.54, 1.807) is 6.07 Å². The molecule has 1 aliphatic heterocycles. The first-order chi connectivity index (χ1) is 13.8. The van der Waals surface area contributed by atoms with E-state index >= 15 is 0 Å². The van der Waals surface area contributed by atoms with E-state index in [-0.39, 0.29) is 35.4 Å². The zero-order chi connectivity index (χ0) is 21.0. The van der Waals surface area contributed by atoms with E-state index in [1.165, 1.54) is 48.1 Å². The molecule has 3 rings (SSSR count). The Labute approximate surface area is 173 Å². The number of hydrogen-bond acceptors (Lipinski definition) is 6. The predicted octanol–water partition coefficient (Wildman–Crippen LogP) is 2.56. The summed E-state index contributed by atoms with van der Waals surface area (Å²) in [4.78, 5) is 28.3. The van der Waals surface area contributed by atoms with Gasteiger partial charge >= 0.3 is 5.97 Å². The van der Waals surface area contributed by atoms with E-state index in [0.717, 1.165) is 0 Å². The van der Waals surface area contributed by atoms with Gasteiger partial charge in [-0.05, 0) is 43.2 Å². The number of methoxy groups -OCH3 is 1. The molecule has 1 fully saturated rings. The molecule has 2 heterocycles. The number of carbonyl (C=O) groups excluding carboxylic acids is 2. The highest BCUT2D eigenvalue weighted by Crippen LogP contribution is 2.27. The first-order valence-corrected chi connectivity index (χ1v) is 10.7. The number of piperidine rings is 1. The van der Waals surface area contributed by atoms with E-state index in [9.17, 15) is 18.0 Å². The summed E-state index contributed by atoms with van der Waals surface area (Å²) in [5, 5.41) is 3.02. The monoisotopic (exact) mass is 437 g/mol. The van der Waals surface area contributed by atoms with Crippen LogP contribution in [0, 0.1) is 5.92 Å². The van der Waals surface area contributed by atoms with E-state index in [4.69, 9.17) is 11.6 Å². The third kappa shape index (κ3) is 4.75. The first kappa shape index (κ1) is 21.2. The number of ether oxygens (including phenoxy) is 1. The van der Waals surface area contributed by atoms with E-state index in [2.05, 4.69) is 15.0 Å². The lowest BCUT2D eigenvalue weighted by molar-refractivity contribution is -0.120. The number of nitrogens with zero attached hydrogens (tertiary/aromatic N) is 2. The number of amides is 1. The maximum Gasteiger partial charge on any atom is 0.337 e. The number of benzene rings is 1. The molecule has 2 aromatic rings. The van der Waals surface area contributed by atoms with Crippen LogP contribution in [-0.4, -0.2) is 49.8 Å². The summed E-state index contributed by atoms with van der Waals surface area (Å²) in [6.07, 6.45) is 3.57. The second-order valence-electron chi connectivity index (χ2n) is 6.54. The van der Waals surface area contributed by atoms with Gasteiger partial charge in [-0.15, -0.1) is 0 Å². The molecular formula is C19H20ClN3O5S. The van der Waals surface area contributed by atoms with Crippen LogP contribution in [0.25, 0.3) is 0 Å². The summed E-state index contributed by atoms with van der Waals surface area (Å²) in [5.74, 6) is -1.17. The molecule has 1 aromatic carbocycles. The van der Waals surface area contributed by atoms with E-state index in [0.29, 0.717) is 23.6 Å². The molecule has 29 heavy (non-hydrogen) atoms. The topological polar surface area (TPSA) is 106 Å². The molecule has 1 saturated heterocycles. The molecule has 0 radical (unpaired) electrons. The highest BCUT2D eigenvalue weighted by atomic mass is 35.5. The van der Waals surface area contributed by atoms with E-state index in [1.807, 2.05) is 0 Å². The Bertz CT molecular complexity index is 1010. The van der Waals surface area contributed by atoms with Gasteiger partial charge in [-0.2, -0.15) is 4.31 Å². The Kier molecular flexibility index (Phi) is 6.51. The molecule has 1 N–H and O–H groups in total. The summed E-state index contributed by atoms with van der Waals surface area (Å²) in [5.41, 5.74) is 0.578. The molecule has 10 heteroatoms. The molecule has 1 aromatic heterocycles. The van der Waals surface area contributed by atoms with Gasteiger partial charge in [0, 0.05) is 31.4 Å². The third-order valence-electron chi connectivity index (χ3n) is 4.74. The molecule has 1 amide bonds. The summed E-state index contributed by atoms with van der Waals surface area (Å²) in [6, 6.07) is 7.53. The number of rotatable bonds is 5. The second kappa shape index (κ2) is 8.89. The highest BCUT2D eigenvalue weighted by molar-refractivity contribution is 7.89. The minimum Gasteiger partial charge on any atom is -0.465 e. The van der Waals surface area contributed by atoms with Crippen molar-refractivity contribution in [3.8, 4) is 0 Å². The molecule has 0 aliphatic carbocycles. The van der Waals surface area contributed by atoms with Crippen molar-refractivity contribution in [2.45, 2.75) is 17.7 Å². The molecule has 0 spiro atoms. The molecule has 0 unspecified atom stereocenters. The van der Waals surface area contributed by atoms with Crippen LogP contribution in [0.4, 0.5) is 5.69 Å². The van der Waals surface area contributed by atoms with Crippen molar-refractivity contribution in [3.05, 3.63) is 53.3 Å². The summed E-state index contributed by atoms with van der Waals surface area (Å²) < 4.78 is 31.3. The third-order valence-corrected chi connectivity index (χ3v) is 6.95. The number of anilines is 1. The normalized spacial score (nSPS) is 15.7. The number of sulfonamides is 1. The number of halogens is 1. The van der Waals surface area contributed by atoms with Gasteiger partial charge < -0.3 is 10.1 Å². The van der Waals surface area contributed by atoms with Crippen molar-refractivity contribution in [3.63, 3.8) is 0 Å². The lowest BCUT2D eigenvalue weighted by Crippen LogP contribution is -2.41. The van der Waals surface area contributed by atoms with Gasteiger partial charge in [-0.25, -0.2) is 13.2 Å². The smallest absolute Gasteiger partial charge is 0.337 e. The van der Waals surface area contributed by atoms with Crippen molar-refractivity contribution in [1.29, 1.82) is 0 Å². The van der Waals surface area contributed by atoms with E-state index < -0.39 is 16.0 Å². The fourth-order valence-electron chi connectivity index (χ4n) is 3.11. The van der Waals surface area contributed by atoms with Gasteiger partial charge in [0.05, 0.1) is 23.4 Å². The van der Waals surface area contributed by atoms with Gasteiger partial charge in [-0.1, -0.05) is 11.6 Å². The molecule has 0 bridgehead atoms. The number of nitrogens with one attached hydrogen (secondary N) is 1. The quantitative estimate of drug-likeness (QED) is 0.720. The Morgan fingerprint density at radius 2 is 1.97 bits per heavy atom. The van der Waals surface area contributed by atoms with Crippen LogP contribution in [0.5, 0.6) is 0 Å². The summed E-state index contributed by atoms with van der Waals surface area (Å²) >= 11 is 6.12. The van der Waals surface area contributed by atoms with Gasteiger partial charge in [0.15, 0.2) is 0 Å². The summed E-state index contributed by atoms with van der Waals surface area (Å²) in [7, 11) is -2.36. The standard InChI is InChI=1S/C19H20ClN3O5S/c1-28-19(25)14-4-5-16(20)17(11-14)22-18(24)13-6-9-23(10-7-13)29(26,27)15-3-2-8-21-12-15/h2-5,8,11-13H,6-7,9-10H2,1H3,(H,22,24). The maximum absolute atomic E-state index is 12.7. The lowest BCUT2D eigenvalue weighted by Gasteiger charge is -2.30. The Morgan fingerprint density at radius 1 is 1.24 bits per heavy atom. The first-order valence-electron chi connectivity index (χ1n) is 8.92. The van der Waals surface area contributed by atoms with Crippen LogP contribution < -0.4 is 5.32 Å². The number of carbonyl (C=O) groups is 2. The molecule has 8 nitrogen and oxygen atoms in total. The van der Waals surface area contributed by atoms with Crippen LogP contribution in [-0.2, 0) is 19.6 Å². The van der Waals surface area contributed by atoms with Crippen molar-refractivity contribution in [2.75, 3.05) is 25.5 Å². The second-order valence-corrected chi connectivity index (χ2v) is 8.89. The average molecular weight is 438 g/mol. The summed E-state index contributed by atoms with van der Waals surface area (Å²) in [6.45, 7) is 0.455. The van der Waals surface area contributed by atoms with Crippen molar-refractivity contribution in [1.82, 2.24) is 9.29 Å². The average Bonchev–Trinajstić information content (AvgIpc) is 2.75. The molecule has 1 aliphatic rings. The van der Waals surface area contributed by atoms with Crippen molar-refractivity contribution in [2.24, 2.45) is 5.92 Å². The minimum atomic E-state index is -3.63. The Balaban J connectivity index is 1.64. The lowest BCUT2D eigenvalue weighted by atomic mass is 9.97. The van der Waals surface area contributed by atoms with Gasteiger partial charge in [-0.3, -0.25) is 9.78 Å². The molecular weight excluding hydrogens is 418 g/mol.